The lowest BCUT2D eigenvalue weighted by Crippen LogP contribution is -2.49. The molecule has 0 N–H and O–H groups in total. The van der Waals surface area contributed by atoms with Crippen LogP contribution in [0.2, 0.25) is 0 Å². The molecule has 2 atom stereocenters. The molecule has 0 bridgehead atoms. The van der Waals surface area contributed by atoms with E-state index in [-0.39, 0.29) is 0 Å². The van der Waals surface area contributed by atoms with Gasteiger partial charge in [-0.1, -0.05) is 117 Å². The van der Waals surface area contributed by atoms with Gasteiger partial charge in [0.25, 0.3) is 0 Å². The molecule has 0 aromatic carbocycles. The van der Waals surface area contributed by atoms with Crippen LogP contribution in [0.4, 0.5) is 0 Å². The van der Waals surface area contributed by atoms with E-state index < -0.39 is 0 Å². The average molecular weight is 511 g/mol. The third-order valence-electron chi connectivity index (χ3n) is 9.56. The van der Waals surface area contributed by atoms with Gasteiger partial charge in [-0.3, -0.25) is 0 Å². The van der Waals surface area contributed by atoms with E-state index in [4.69, 9.17) is 0 Å². The second kappa shape index (κ2) is 22.9. The summed E-state index contributed by atoms with van der Waals surface area (Å²) in [6, 6.07) is 1.59. The summed E-state index contributed by atoms with van der Waals surface area (Å²) < 4.78 is 2.41. The Morgan fingerprint density at radius 2 is 0.611 bits per heavy atom. The molecule has 2 nitrogen and oxygen atoms in total. The van der Waals surface area contributed by atoms with Gasteiger partial charge in [0.1, 0.15) is 0 Å². The van der Waals surface area contributed by atoms with E-state index in [9.17, 15) is 0 Å². The molecule has 0 rings (SSSR count). The van der Waals surface area contributed by atoms with Crippen LogP contribution >= 0.6 is 0 Å². The van der Waals surface area contributed by atoms with Gasteiger partial charge in [-0.05, 0) is 39.5 Å². The van der Waals surface area contributed by atoms with E-state index in [1.165, 1.54) is 163 Å². The predicted molar refractivity (Wildman–Crippen MR) is 166 cm³/mol. The Kier molecular flexibility index (Phi) is 22.8. The molecular formula is C34H74N2+2. The molecule has 0 aromatic rings. The smallest absolute Gasteiger partial charge is 0.0857 e. The van der Waals surface area contributed by atoms with Crippen molar-refractivity contribution >= 4 is 0 Å². The number of rotatable bonds is 27. The van der Waals surface area contributed by atoms with Crippen molar-refractivity contribution in [3.8, 4) is 0 Å². The van der Waals surface area contributed by atoms with Crippen molar-refractivity contribution in [1.29, 1.82) is 0 Å². The summed E-state index contributed by atoms with van der Waals surface area (Å²) in [5.74, 6) is 0. The van der Waals surface area contributed by atoms with Gasteiger partial charge in [0.05, 0.1) is 53.4 Å². The van der Waals surface area contributed by atoms with Crippen molar-refractivity contribution in [3.05, 3.63) is 0 Å². The number of hydrogen-bond acceptors (Lipinski definition) is 0. The van der Waals surface area contributed by atoms with Crippen LogP contribution in [-0.2, 0) is 0 Å². The van der Waals surface area contributed by atoms with E-state index >= 15 is 0 Å². The molecule has 0 saturated heterocycles. The largest absolute Gasteiger partial charge is 0.326 e. The van der Waals surface area contributed by atoms with Gasteiger partial charge in [0.15, 0.2) is 0 Å². The summed E-state index contributed by atoms with van der Waals surface area (Å²) >= 11 is 0. The maximum absolute atomic E-state index is 2.50. The molecule has 0 aliphatic carbocycles. The summed E-state index contributed by atoms with van der Waals surface area (Å²) in [4.78, 5) is 0. The van der Waals surface area contributed by atoms with Gasteiger partial charge in [0.2, 0.25) is 0 Å². The van der Waals surface area contributed by atoms with Crippen LogP contribution in [0.5, 0.6) is 0 Å². The standard InChI is InChI=1S/C34H74N2/c1-9-11-13-15-17-19-21-23-25-29-33(3)35(5,6)31-27-28-32-36(7,8)34(4)30-26-24-22-20-18-16-14-12-10-2/h33-34H,9-32H2,1-8H3/q+2. The van der Waals surface area contributed by atoms with Crippen molar-refractivity contribution in [3.63, 3.8) is 0 Å². The number of hydrogen-bond donors (Lipinski definition) is 0. The number of nitrogens with zero attached hydrogens (tertiary/aromatic N) is 2. The van der Waals surface area contributed by atoms with Crippen LogP contribution in [0.1, 0.15) is 169 Å². The molecule has 0 aromatic heterocycles. The highest BCUT2D eigenvalue weighted by atomic mass is 15.3. The summed E-state index contributed by atoms with van der Waals surface area (Å²) in [5.41, 5.74) is 0. The summed E-state index contributed by atoms with van der Waals surface area (Å²) in [6.45, 7) is 12.3. The Balaban J connectivity index is 3.87. The molecule has 0 radical (unpaired) electrons. The van der Waals surface area contributed by atoms with Gasteiger partial charge >= 0.3 is 0 Å². The first-order valence-electron chi connectivity index (χ1n) is 16.8. The van der Waals surface area contributed by atoms with Crippen LogP contribution in [-0.4, -0.2) is 62.3 Å². The molecule has 0 aliphatic heterocycles. The lowest BCUT2D eigenvalue weighted by molar-refractivity contribution is -0.919. The van der Waals surface area contributed by atoms with Gasteiger partial charge in [-0.25, -0.2) is 0 Å². The van der Waals surface area contributed by atoms with Crippen LogP contribution in [0, 0.1) is 0 Å². The van der Waals surface area contributed by atoms with E-state index in [0.29, 0.717) is 0 Å². The van der Waals surface area contributed by atoms with E-state index in [0.717, 1.165) is 12.1 Å². The SMILES string of the molecule is CCCCCCCCCCCC(C)[N+](C)(C)CCCC[N+](C)(C)C(C)CCCCCCCCCCC. The molecule has 0 saturated carbocycles. The Labute approximate surface area is 231 Å². The minimum absolute atomic E-state index is 0.794. The molecular weight excluding hydrogens is 436 g/mol. The van der Waals surface area contributed by atoms with Gasteiger partial charge in [-0.2, -0.15) is 0 Å². The highest BCUT2D eigenvalue weighted by Crippen LogP contribution is 2.20. The summed E-state index contributed by atoms with van der Waals surface area (Å²) in [6.07, 6.45) is 31.5. The van der Waals surface area contributed by atoms with Gasteiger partial charge in [0, 0.05) is 12.8 Å². The quantitative estimate of drug-likeness (QED) is 0.0761. The van der Waals surface area contributed by atoms with Crippen LogP contribution < -0.4 is 0 Å². The number of unbranched alkanes of at least 4 members (excludes halogenated alkanes) is 17. The fourth-order valence-corrected chi connectivity index (χ4v) is 5.68. The van der Waals surface area contributed by atoms with Crippen LogP contribution in [0.15, 0.2) is 0 Å². The molecule has 0 heterocycles. The van der Waals surface area contributed by atoms with Crippen LogP contribution in [0.25, 0.3) is 0 Å². The van der Waals surface area contributed by atoms with E-state index in [1.807, 2.05) is 0 Å². The molecule has 2 heteroatoms. The summed E-state index contributed by atoms with van der Waals surface area (Å²) in [5, 5.41) is 0. The first kappa shape index (κ1) is 35.9. The van der Waals surface area contributed by atoms with E-state index in [1.54, 1.807) is 0 Å². The number of quaternary nitrogens is 2. The van der Waals surface area contributed by atoms with Gasteiger partial charge < -0.3 is 8.97 Å². The van der Waals surface area contributed by atoms with Crippen molar-refractivity contribution in [1.82, 2.24) is 0 Å². The molecule has 0 fully saturated rings. The lowest BCUT2D eigenvalue weighted by atomic mass is 10.0. The maximum atomic E-state index is 2.50. The Hall–Kier alpha value is -0.0800. The summed E-state index contributed by atoms with van der Waals surface area (Å²) in [7, 11) is 9.91. The van der Waals surface area contributed by atoms with E-state index in [2.05, 4.69) is 55.9 Å². The highest BCUT2D eigenvalue weighted by Gasteiger charge is 2.26. The first-order valence-corrected chi connectivity index (χ1v) is 16.8. The first-order chi connectivity index (χ1) is 17.2. The fraction of sp³-hybridized carbons (Fsp3) is 1.00. The van der Waals surface area contributed by atoms with Crippen molar-refractivity contribution < 1.29 is 8.97 Å². The minimum Gasteiger partial charge on any atom is -0.326 e. The van der Waals surface area contributed by atoms with Gasteiger partial charge in [-0.15, -0.1) is 0 Å². The predicted octanol–water partition coefficient (Wildman–Crippen LogP) is 10.5. The molecule has 0 amide bonds. The van der Waals surface area contributed by atoms with Crippen molar-refractivity contribution in [2.24, 2.45) is 0 Å². The Morgan fingerprint density at radius 1 is 0.361 bits per heavy atom. The molecule has 0 spiro atoms. The second-order valence-electron chi connectivity index (χ2n) is 13.6. The average Bonchev–Trinajstić information content (AvgIpc) is 2.84. The molecule has 36 heavy (non-hydrogen) atoms. The monoisotopic (exact) mass is 511 g/mol. The zero-order valence-corrected chi connectivity index (χ0v) is 27.0. The maximum Gasteiger partial charge on any atom is 0.0857 e. The normalized spacial score (nSPS) is 14.3. The van der Waals surface area contributed by atoms with Crippen molar-refractivity contribution in [2.45, 2.75) is 181 Å². The zero-order valence-electron chi connectivity index (χ0n) is 27.0. The second-order valence-corrected chi connectivity index (χ2v) is 13.6. The molecule has 218 valence electrons. The van der Waals surface area contributed by atoms with Crippen LogP contribution in [0.3, 0.4) is 0 Å². The Bertz CT molecular complexity index is 414. The van der Waals surface area contributed by atoms with Crippen molar-refractivity contribution in [2.75, 3.05) is 41.3 Å². The Morgan fingerprint density at radius 3 is 0.889 bits per heavy atom. The highest BCUT2D eigenvalue weighted by molar-refractivity contribution is 4.57. The molecule has 0 aliphatic rings. The topological polar surface area (TPSA) is 0 Å². The zero-order chi connectivity index (χ0) is 27.1. The lowest BCUT2D eigenvalue weighted by Gasteiger charge is -2.38. The minimum atomic E-state index is 0.794. The molecule has 2 unspecified atom stereocenters. The third kappa shape index (κ3) is 20.0. The fourth-order valence-electron chi connectivity index (χ4n) is 5.68. The third-order valence-corrected chi connectivity index (χ3v) is 9.56.